The molecule has 1 unspecified atom stereocenters. The van der Waals surface area contributed by atoms with Crippen LogP contribution in [-0.4, -0.2) is 52.2 Å². The molecule has 7 heteroatoms. The van der Waals surface area contributed by atoms with E-state index in [2.05, 4.69) is 0 Å². The Morgan fingerprint density at radius 3 is 2.61 bits per heavy atom. The van der Waals surface area contributed by atoms with E-state index in [0.29, 0.717) is 13.0 Å². The second kappa shape index (κ2) is 6.03. The molecule has 0 aromatic heterocycles. The van der Waals surface area contributed by atoms with E-state index in [9.17, 15) is 23.1 Å². The minimum atomic E-state index is -4.36. The molecule has 1 saturated carbocycles. The van der Waals surface area contributed by atoms with Gasteiger partial charge in [-0.1, -0.05) is 12.1 Å². The Balaban J connectivity index is 1.71. The number of carbonyl (C=O) groups is 1. The number of hydrogen-bond acceptors (Lipinski definition) is 3. The lowest BCUT2D eigenvalue weighted by molar-refractivity contribution is -0.159. The summed E-state index contributed by atoms with van der Waals surface area (Å²) in [5, 5.41) is 9.55. The van der Waals surface area contributed by atoms with Gasteiger partial charge in [0.25, 0.3) is 0 Å². The highest BCUT2D eigenvalue weighted by molar-refractivity contribution is 5.84. The first-order chi connectivity index (χ1) is 10.8. The molecule has 1 amide bonds. The van der Waals surface area contributed by atoms with Crippen molar-refractivity contribution >= 4 is 5.91 Å². The molecule has 0 spiro atoms. The Morgan fingerprint density at radius 1 is 1.26 bits per heavy atom. The highest BCUT2D eigenvalue weighted by atomic mass is 19.4. The standard InChI is InChI=1S/C16H19F3N2O2/c17-16(18,19)10-20-7-6-14(15(20)23)21(12-4-5-12)9-11-2-1-3-13(22)8-11/h1-3,8,12,14,22H,4-7,9-10H2. The SMILES string of the molecule is O=C1C(N(Cc2cccc(O)c2)C2CC2)CCN1CC(F)(F)F. The molecule has 0 bridgehead atoms. The van der Waals surface area contributed by atoms with E-state index in [1.54, 1.807) is 18.2 Å². The van der Waals surface area contributed by atoms with Gasteiger partial charge in [-0.25, -0.2) is 0 Å². The van der Waals surface area contributed by atoms with E-state index < -0.39 is 24.7 Å². The number of nitrogens with zero attached hydrogens (tertiary/aromatic N) is 2. The molecular formula is C16H19F3N2O2. The first kappa shape index (κ1) is 16.1. The Kier molecular flexibility index (Phi) is 4.23. The molecule has 1 aromatic carbocycles. The van der Waals surface area contributed by atoms with E-state index in [-0.39, 0.29) is 18.3 Å². The summed E-state index contributed by atoms with van der Waals surface area (Å²) >= 11 is 0. The summed E-state index contributed by atoms with van der Waals surface area (Å²) in [5.74, 6) is -0.288. The zero-order valence-electron chi connectivity index (χ0n) is 12.6. The Bertz CT molecular complexity index is 587. The maximum Gasteiger partial charge on any atom is 0.406 e. The van der Waals surface area contributed by atoms with Gasteiger partial charge in [0.15, 0.2) is 0 Å². The number of phenols is 1. The lowest BCUT2D eigenvalue weighted by Gasteiger charge is -2.28. The van der Waals surface area contributed by atoms with E-state index in [1.165, 1.54) is 0 Å². The lowest BCUT2D eigenvalue weighted by Crippen LogP contribution is -2.44. The van der Waals surface area contributed by atoms with Gasteiger partial charge in [0.05, 0.1) is 6.04 Å². The first-order valence-electron chi connectivity index (χ1n) is 7.73. The number of rotatable bonds is 5. The van der Waals surface area contributed by atoms with Crippen molar-refractivity contribution in [2.75, 3.05) is 13.1 Å². The Morgan fingerprint density at radius 2 is 2.00 bits per heavy atom. The largest absolute Gasteiger partial charge is 0.508 e. The molecular weight excluding hydrogens is 309 g/mol. The Labute approximate surface area is 132 Å². The average molecular weight is 328 g/mol. The number of alkyl halides is 3. The van der Waals surface area contributed by atoms with E-state index in [0.717, 1.165) is 23.3 Å². The summed E-state index contributed by atoms with van der Waals surface area (Å²) in [7, 11) is 0. The average Bonchev–Trinajstić information content (AvgIpc) is 3.22. The highest BCUT2D eigenvalue weighted by Gasteiger charge is 2.44. The predicted octanol–water partition coefficient (Wildman–Crippen LogP) is 2.52. The summed E-state index contributed by atoms with van der Waals surface area (Å²) in [6, 6.07) is 6.52. The van der Waals surface area contributed by atoms with Crippen LogP contribution < -0.4 is 0 Å². The third-order valence-electron chi connectivity index (χ3n) is 4.33. The number of benzene rings is 1. The third-order valence-corrected chi connectivity index (χ3v) is 4.33. The fourth-order valence-electron chi connectivity index (χ4n) is 3.17. The number of phenolic OH excluding ortho intramolecular Hbond substituents is 1. The van der Waals surface area contributed by atoms with Crippen LogP contribution in [0.25, 0.3) is 0 Å². The van der Waals surface area contributed by atoms with Gasteiger partial charge < -0.3 is 10.0 Å². The number of halogens is 3. The van der Waals surface area contributed by atoms with Gasteiger partial charge in [-0.05, 0) is 37.0 Å². The fraction of sp³-hybridized carbons (Fsp3) is 0.562. The monoisotopic (exact) mass is 328 g/mol. The second-order valence-corrected chi connectivity index (χ2v) is 6.25. The van der Waals surface area contributed by atoms with Crippen molar-refractivity contribution in [3.63, 3.8) is 0 Å². The number of amides is 1. The molecule has 1 saturated heterocycles. The maximum absolute atomic E-state index is 12.5. The molecule has 1 atom stereocenters. The number of likely N-dealkylation sites (tertiary alicyclic amines) is 1. The van der Waals surface area contributed by atoms with Gasteiger partial charge >= 0.3 is 6.18 Å². The molecule has 1 aliphatic carbocycles. The minimum absolute atomic E-state index is 0.145. The van der Waals surface area contributed by atoms with Crippen LogP contribution in [0, 0.1) is 0 Å². The normalized spacial score (nSPS) is 22.2. The summed E-state index contributed by atoms with van der Waals surface area (Å²) < 4.78 is 37.6. The van der Waals surface area contributed by atoms with E-state index in [4.69, 9.17) is 0 Å². The van der Waals surface area contributed by atoms with Crippen LogP contribution in [-0.2, 0) is 11.3 Å². The number of hydrogen-bond donors (Lipinski definition) is 1. The molecule has 1 aromatic rings. The molecule has 1 heterocycles. The van der Waals surface area contributed by atoms with Crippen molar-refractivity contribution < 1.29 is 23.1 Å². The van der Waals surface area contributed by atoms with E-state index >= 15 is 0 Å². The van der Waals surface area contributed by atoms with Crippen molar-refractivity contribution in [2.45, 2.75) is 44.1 Å². The molecule has 3 rings (SSSR count). The van der Waals surface area contributed by atoms with Gasteiger partial charge in [0, 0.05) is 19.1 Å². The molecule has 23 heavy (non-hydrogen) atoms. The van der Waals surface area contributed by atoms with Crippen LogP contribution in [0.15, 0.2) is 24.3 Å². The van der Waals surface area contributed by atoms with Gasteiger partial charge in [-0.2, -0.15) is 13.2 Å². The number of carbonyl (C=O) groups excluding carboxylic acids is 1. The minimum Gasteiger partial charge on any atom is -0.508 e. The third kappa shape index (κ3) is 3.96. The second-order valence-electron chi connectivity index (χ2n) is 6.25. The van der Waals surface area contributed by atoms with Crippen LogP contribution in [0.1, 0.15) is 24.8 Å². The molecule has 2 aliphatic rings. The summed E-state index contributed by atoms with van der Waals surface area (Å²) in [4.78, 5) is 15.2. The summed E-state index contributed by atoms with van der Waals surface area (Å²) in [5.41, 5.74) is 0.860. The van der Waals surface area contributed by atoms with E-state index in [1.807, 2.05) is 11.0 Å². The molecule has 1 aliphatic heterocycles. The maximum atomic E-state index is 12.5. The van der Waals surface area contributed by atoms with Crippen LogP contribution in [0.2, 0.25) is 0 Å². The lowest BCUT2D eigenvalue weighted by atomic mass is 10.1. The van der Waals surface area contributed by atoms with Gasteiger partial charge in [0.1, 0.15) is 12.3 Å². The van der Waals surface area contributed by atoms with Gasteiger partial charge in [-0.3, -0.25) is 9.69 Å². The molecule has 126 valence electrons. The van der Waals surface area contributed by atoms with Crippen molar-refractivity contribution in [3.05, 3.63) is 29.8 Å². The zero-order chi connectivity index (χ0) is 16.6. The van der Waals surface area contributed by atoms with Crippen LogP contribution in [0.3, 0.4) is 0 Å². The van der Waals surface area contributed by atoms with Crippen molar-refractivity contribution in [3.8, 4) is 5.75 Å². The quantitative estimate of drug-likeness (QED) is 0.903. The Hall–Kier alpha value is -1.76. The molecule has 0 radical (unpaired) electrons. The van der Waals surface area contributed by atoms with Crippen LogP contribution in [0.5, 0.6) is 5.75 Å². The fourth-order valence-corrected chi connectivity index (χ4v) is 3.17. The van der Waals surface area contributed by atoms with Crippen LogP contribution in [0.4, 0.5) is 13.2 Å². The first-order valence-corrected chi connectivity index (χ1v) is 7.73. The molecule has 1 N–H and O–H groups in total. The topological polar surface area (TPSA) is 43.8 Å². The van der Waals surface area contributed by atoms with Crippen molar-refractivity contribution in [1.82, 2.24) is 9.80 Å². The smallest absolute Gasteiger partial charge is 0.406 e. The van der Waals surface area contributed by atoms with Gasteiger partial charge in [0.2, 0.25) is 5.91 Å². The molecule has 2 fully saturated rings. The van der Waals surface area contributed by atoms with Crippen molar-refractivity contribution in [1.29, 1.82) is 0 Å². The van der Waals surface area contributed by atoms with Gasteiger partial charge in [-0.15, -0.1) is 0 Å². The molecule has 4 nitrogen and oxygen atoms in total. The van der Waals surface area contributed by atoms with Crippen molar-refractivity contribution in [2.24, 2.45) is 0 Å². The summed E-state index contributed by atoms with van der Waals surface area (Å²) in [6.07, 6.45) is -2.02. The zero-order valence-corrected chi connectivity index (χ0v) is 12.6. The van der Waals surface area contributed by atoms with Crippen LogP contribution >= 0.6 is 0 Å². The number of aromatic hydroxyl groups is 1. The summed E-state index contributed by atoms with van der Waals surface area (Å²) in [6.45, 7) is -0.561. The predicted molar refractivity (Wildman–Crippen MR) is 77.7 cm³/mol. The highest BCUT2D eigenvalue weighted by Crippen LogP contribution is 2.34.